The Labute approximate surface area is 162 Å². The number of nitrogens with one attached hydrogen (secondary N) is 1. The topological polar surface area (TPSA) is 98.1 Å². The summed E-state index contributed by atoms with van der Waals surface area (Å²) in [4.78, 5) is 25.0. The fraction of sp³-hybridized carbons (Fsp3) is 0.316. The van der Waals surface area contributed by atoms with E-state index in [0.717, 1.165) is 30.3 Å². The summed E-state index contributed by atoms with van der Waals surface area (Å²) in [7, 11) is 0. The third-order valence-electron chi connectivity index (χ3n) is 4.34. The van der Waals surface area contributed by atoms with Gasteiger partial charge in [0, 0.05) is 24.8 Å². The van der Waals surface area contributed by atoms with Crippen molar-refractivity contribution in [3.63, 3.8) is 0 Å². The maximum Gasteiger partial charge on any atom is 0.273 e. The number of para-hydroxylation sites is 1. The lowest BCUT2D eigenvalue weighted by molar-refractivity contribution is 0.0944. The van der Waals surface area contributed by atoms with Crippen molar-refractivity contribution in [2.75, 3.05) is 31.2 Å². The molecule has 3 aromatic rings. The molecular formula is C19H21N7O2. The first kappa shape index (κ1) is 18.1. The van der Waals surface area contributed by atoms with Crippen LogP contribution in [0.3, 0.4) is 0 Å². The first-order valence-electron chi connectivity index (χ1n) is 9.12. The fourth-order valence-corrected chi connectivity index (χ4v) is 2.95. The molecule has 0 aliphatic carbocycles. The van der Waals surface area contributed by atoms with Crippen LogP contribution in [0.2, 0.25) is 0 Å². The van der Waals surface area contributed by atoms with Gasteiger partial charge in [-0.05, 0) is 19.1 Å². The molecule has 0 saturated carbocycles. The van der Waals surface area contributed by atoms with Crippen LogP contribution in [-0.4, -0.2) is 57.2 Å². The molecule has 0 atom stereocenters. The first-order valence-corrected chi connectivity index (χ1v) is 9.12. The Morgan fingerprint density at radius 2 is 1.96 bits per heavy atom. The first-order chi connectivity index (χ1) is 13.7. The van der Waals surface area contributed by atoms with Crippen LogP contribution >= 0.6 is 0 Å². The minimum atomic E-state index is -0.319. The highest BCUT2D eigenvalue weighted by atomic mass is 16.5. The van der Waals surface area contributed by atoms with Crippen LogP contribution in [0.1, 0.15) is 22.0 Å². The van der Waals surface area contributed by atoms with E-state index < -0.39 is 0 Å². The number of carbonyl (C=O) groups is 1. The van der Waals surface area contributed by atoms with Crippen molar-refractivity contribution in [2.24, 2.45) is 0 Å². The number of rotatable bonds is 5. The minimum absolute atomic E-state index is 0.218. The Kier molecular flexibility index (Phi) is 5.24. The zero-order valence-corrected chi connectivity index (χ0v) is 15.6. The second kappa shape index (κ2) is 8.13. The highest BCUT2D eigenvalue weighted by molar-refractivity contribution is 5.91. The van der Waals surface area contributed by atoms with Gasteiger partial charge in [0.15, 0.2) is 5.69 Å². The van der Waals surface area contributed by atoms with E-state index in [2.05, 4.69) is 30.4 Å². The molecule has 4 rings (SSSR count). The number of anilines is 1. The summed E-state index contributed by atoms with van der Waals surface area (Å²) in [6.45, 7) is 5.10. The highest BCUT2D eigenvalue weighted by Gasteiger charge is 2.16. The van der Waals surface area contributed by atoms with Gasteiger partial charge in [0.25, 0.3) is 5.91 Å². The third kappa shape index (κ3) is 4.15. The fourth-order valence-electron chi connectivity index (χ4n) is 2.95. The van der Waals surface area contributed by atoms with Crippen molar-refractivity contribution in [3.05, 3.63) is 59.8 Å². The lowest BCUT2D eigenvalue weighted by atomic mass is 10.3. The summed E-state index contributed by atoms with van der Waals surface area (Å²) in [5.41, 5.74) is 1.89. The normalized spacial score (nSPS) is 14.1. The van der Waals surface area contributed by atoms with Crippen molar-refractivity contribution >= 4 is 11.7 Å². The SMILES string of the molecule is Cc1cc(N2CCOCC2)nc(CNC(=O)c2cnn(-c3ccccc3)n2)n1. The van der Waals surface area contributed by atoms with Crippen molar-refractivity contribution in [2.45, 2.75) is 13.5 Å². The van der Waals surface area contributed by atoms with Crippen LogP contribution in [0, 0.1) is 6.92 Å². The van der Waals surface area contributed by atoms with E-state index in [1.165, 1.54) is 11.0 Å². The number of aromatic nitrogens is 5. The van der Waals surface area contributed by atoms with Crippen molar-refractivity contribution in [1.29, 1.82) is 0 Å². The Morgan fingerprint density at radius 3 is 2.75 bits per heavy atom. The molecule has 1 aromatic carbocycles. The lowest BCUT2D eigenvalue weighted by Gasteiger charge is -2.28. The van der Waals surface area contributed by atoms with E-state index in [9.17, 15) is 4.79 Å². The number of ether oxygens (including phenoxy) is 1. The summed E-state index contributed by atoms with van der Waals surface area (Å²) in [5, 5.41) is 11.2. The van der Waals surface area contributed by atoms with Crippen LogP contribution in [0.4, 0.5) is 5.82 Å². The molecule has 1 N–H and O–H groups in total. The summed E-state index contributed by atoms with van der Waals surface area (Å²) < 4.78 is 5.39. The van der Waals surface area contributed by atoms with Gasteiger partial charge in [-0.25, -0.2) is 9.97 Å². The number of carbonyl (C=O) groups excluding carboxylic acids is 1. The summed E-state index contributed by atoms with van der Waals surface area (Å²) in [6, 6.07) is 11.4. The minimum Gasteiger partial charge on any atom is -0.378 e. The molecule has 2 aromatic heterocycles. The molecule has 9 heteroatoms. The molecule has 1 fully saturated rings. The van der Waals surface area contributed by atoms with Gasteiger partial charge in [0.05, 0.1) is 31.6 Å². The van der Waals surface area contributed by atoms with Crippen molar-refractivity contribution in [1.82, 2.24) is 30.3 Å². The van der Waals surface area contributed by atoms with E-state index in [-0.39, 0.29) is 18.1 Å². The smallest absolute Gasteiger partial charge is 0.273 e. The van der Waals surface area contributed by atoms with Gasteiger partial charge in [-0.15, -0.1) is 5.10 Å². The number of aryl methyl sites for hydroxylation is 1. The van der Waals surface area contributed by atoms with Gasteiger partial charge >= 0.3 is 0 Å². The van der Waals surface area contributed by atoms with Crippen LogP contribution in [0.15, 0.2) is 42.6 Å². The quantitative estimate of drug-likeness (QED) is 0.710. The average molecular weight is 379 g/mol. The molecule has 9 nitrogen and oxygen atoms in total. The predicted molar refractivity (Wildman–Crippen MR) is 102 cm³/mol. The second-order valence-electron chi connectivity index (χ2n) is 6.42. The Hall–Kier alpha value is -3.33. The summed E-state index contributed by atoms with van der Waals surface area (Å²) in [5.74, 6) is 1.10. The molecule has 3 heterocycles. The van der Waals surface area contributed by atoms with Gasteiger partial charge in [0.1, 0.15) is 11.6 Å². The van der Waals surface area contributed by atoms with Crippen LogP contribution in [0.5, 0.6) is 0 Å². The van der Waals surface area contributed by atoms with Gasteiger partial charge in [0.2, 0.25) is 0 Å². The third-order valence-corrected chi connectivity index (χ3v) is 4.34. The predicted octanol–water partition coefficient (Wildman–Crippen LogP) is 1.13. The summed E-state index contributed by atoms with van der Waals surface area (Å²) in [6.07, 6.45) is 1.44. The molecule has 1 aliphatic heterocycles. The van der Waals surface area contributed by atoms with E-state index in [4.69, 9.17) is 4.74 Å². The Balaban J connectivity index is 1.42. The van der Waals surface area contributed by atoms with Crippen LogP contribution in [-0.2, 0) is 11.3 Å². The molecule has 1 saturated heterocycles. The molecule has 144 valence electrons. The Bertz CT molecular complexity index is 952. The van der Waals surface area contributed by atoms with Crippen molar-refractivity contribution < 1.29 is 9.53 Å². The van der Waals surface area contributed by atoms with Gasteiger partial charge in [-0.1, -0.05) is 18.2 Å². The van der Waals surface area contributed by atoms with Crippen LogP contribution < -0.4 is 10.2 Å². The number of amides is 1. The maximum absolute atomic E-state index is 12.4. The number of nitrogens with zero attached hydrogens (tertiary/aromatic N) is 6. The molecular weight excluding hydrogens is 358 g/mol. The molecule has 28 heavy (non-hydrogen) atoms. The maximum atomic E-state index is 12.4. The van der Waals surface area contributed by atoms with E-state index in [1.54, 1.807) is 0 Å². The number of hydrogen-bond acceptors (Lipinski definition) is 7. The van der Waals surface area contributed by atoms with E-state index in [1.807, 2.05) is 43.3 Å². The number of benzene rings is 1. The van der Waals surface area contributed by atoms with Gasteiger partial charge in [-0.3, -0.25) is 4.79 Å². The van der Waals surface area contributed by atoms with E-state index >= 15 is 0 Å². The second-order valence-corrected chi connectivity index (χ2v) is 6.42. The zero-order chi connectivity index (χ0) is 19.3. The van der Waals surface area contributed by atoms with Gasteiger partial charge < -0.3 is 15.0 Å². The zero-order valence-electron chi connectivity index (χ0n) is 15.6. The molecule has 1 aliphatic rings. The van der Waals surface area contributed by atoms with Crippen LogP contribution in [0.25, 0.3) is 5.69 Å². The standard InChI is InChI=1S/C19H21N7O2/c1-14-11-18(25-7-9-28-10-8-25)23-17(22-14)13-20-19(27)16-12-21-26(24-16)15-5-3-2-4-6-15/h2-6,11-12H,7-10,13H2,1H3,(H,20,27). The Morgan fingerprint density at radius 1 is 1.18 bits per heavy atom. The van der Waals surface area contributed by atoms with Gasteiger partial charge in [-0.2, -0.15) is 9.90 Å². The molecule has 1 amide bonds. The van der Waals surface area contributed by atoms with Crippen molar-refractivity contribution in [3.8, 4) is 5.69 Å². The number of hydrogen-bond donors (Lipinski definition) is 1. The molecule has 0 radical (unpaired) electrons. The van der Waals surface area contributed by atoms with E-state index in [0.29, 0.717) is 19.0 Å². The molecule has 0 spiro atoms. The monoisotopic (exact) mass is 379 g/mol. The summed E-state index contributed by atoms with van der Waals surface area (Å²) >= 11 is 0. The highest BCUT2D eigenvalue weighted by Crippen LogP contribution is 2.14. The number of morpholine rings is 1. The largest absolute Gasteiger partial charge is 0.378 e. The average Bonchev–Trinajstić information content (AvgIpc) is 3.23. The molecule has 0 bridgehead atoms. The molecule has 0 unspecified atom stereocenters. The lowest BCUT2D eigenvalue weighted by Crippen LogP contribution is -2.37.